The Hall–Kier alpha value is -4.61. The quantitative estimate of drug-likeness (QED) is 0.257. The summed E-state index contributed by atoms with van der Waals surface area (Å²) in [6, 6.07) is 1.37. The smallest absolute Gasteiger partial charge is 0.408 e. The summed E-state index contributed by atoms with van der Waals surface area (Å²) in [7, 11) is -3.46. The molecule has 0 bridgehead atoms. The number of halogens is 3. The molecule has 324 valence electrons. The number of sulfonamides is 1. The number of nitrogens with zero attached hydrogens (tertiary/aromatic N) is 2. The fourth-order valence-electron chi connectivity index (χ4n) is 7.76. The third-order valence-electron chi connectivity index (χ3n) is 12.2. The van der Waals surface area contributed by atoms with Gasteiger partial charge in [0.25, 0.3) is 11.8 Å². The molecule has 3 fully saturated rings. The Kier molecular flexibility index (Phi) is 10.9. The molecule has 18 heteroatoms. The number of benzene rings is 1. The molecule has 0 radical (unpaired) electrons. The number of pyridine rings is 1. The summed E-state index contributed by atoms with van der Waals surface area (Å²) in [6.45, 7) is 3.15. The van der Waals surface area contributed by atoms with E-state index in [2.05, 4.69) is 15.6 Å². The second kappa shape index (κ2) is 16.1. The van der Waals surface area contributed by atoms with Gasteiger partial charge in [-0.1, -0.05) is 32.4 Å². The molecule has 4 aliphatic rings. The maximum atomic E-state index is 15.0. The first-order valence-corrected chi connectivity index (χ1v) is 21.3. The average molecular weight is 853 g/mol. The fourth-order valence-corrected chi connectivity index (χ4v) is 9.02. The summed E-state index contributed by atoms with van der Waals surface area (Å²) < 4.78 is 111. The molecule has 7 atom stereocenters. The van der Waals surface area contributed by atoms with E-state index in [1.807, 2.05) is 11.6 Å². The number of rotatable bonds is 10. The number of hydrogen-bond acceptors (Lipinski definition) is 10. The molecule has 4 amide bonds. The highest BCUT2D eigenvalue weighted by Crippen LogP contribution is 2.48. The number of fused-ring (bicyclic) bond motifs is 3. The standard InChI is InChI=1S/C41H54F3N5O9S/c1-8-24-17-23(2)11-9-10-12-26-21-41(26,36(52)48-59(54,55)39(5)14-15-39)47-33(50)30-19-27(57-34-28-20-29(42)31(56-7)18-25(28)13-16-45-34)22-49(30)35(51)32(24)46-37(53)58-38(3,4)40(6,43)44/h10,12-13,16,18,20,23-24,26-27,30,32H,8-9,11,14-15,17,19,21-22H2,1-7H3,(H,46,53)(H,47,50)(H,48,52)/b12-10-/t23-,24-,26-,27-,30+,32+,41-/m1/s1/i5D3. The lowest BCUT2D eigenvalue weighted by Crippen LogP contribution is -2.60. The number of methoxy groups -OCH3 is 1. The summed E-state index contributed by atoms with van der Waals surface area (Å²) in [6.07, 6.45) is 3.72. The van der Waals surface area contributed by atoms with Gasteiger partial charge >= 0.3 is 6.09 Å². The lowest BCUT2D eigenvalue weighted by atomic mass is 9.85. The summed E-state index contributed by atoms with van der Waals surface area (Å²) in [5.41, 5.74) is -4.14. The Labute approximate surface area is 346 Å². The van der Waals surface area contributed by atoms with Crippen LogP contribution in [-0.4, -0.2) is 95.8 Å². The van der Waals surface area contributed by atoms with Crippen molar-refractivity contribution in [3.8, 4) is 11.6 Å². The molecule has 1 aromatic carbocycles. The molecule has 2 saturated carbocycles. The average Bonchev–Trinajstić information content (AvgIpc) is 4.09. The summed E-state index contributed by atoms with van der Waals surface area (Å²) >= 11 is 0. The van der Waals surface area contributed by atoms with E-state index in [1.165, 1.54) is 19.4 Å². The van der Waals surface area contributed by atoms with Crippen molar-refractivity contribution >= 4 is 44.6 Å². The van der Waals surface area contributed by atoms with Crippen LogP contribution >= 0.6 is 0 Å². The maximum absolute atomic E-state index is 15.0. The molecule has 3 heterocycles. The van der Waals surface area contributed by atoms with E-state index in [9.17, 15) is 40.8 Å². The third kappa shape index (κ3) is 8.97. The first-order chi connectivity index (χ1) is 28.8. The molecule has 1 aromatic heterocycles. The Morgan fingerprint density at radius 1 is 1.17 bits per heavy atom. The van der Waals surface area contributed by atoms with Crippen LogP contribution in [0.3, 0.4) is 0 Å². The molecule has 59 heavy (non-hydrogen) atoms. The number of amides is 4. The monoisotopic (exact) mass is 852 g/mol. The number of alkyl halides is 2. The summed E-state index contributed by atoms with van der Waals surface area (Å²) in [5, 5.41) is 5.98. The highest BCUT2D eigenvalue weighted by Gasteiger charge is 2.63. The lowest BCUT2D eigenvalue weighted by Gasteiger charge is -2.35. The van der Waals surface area contributed by atoms with Crippen molar-refractivity contribution in [3.63, 3.8) is 0 Å². The van der Waals surface area contributed by atoms with Gasteiger partial charge in [-0.3, -0.25) is 19.1 Å². The first-order valence-electron chi connectivity index (χ1n) is 21.3. The van der Waals surface area contributed by atoms with Gasteiger partial charge in [-0.25, -0.2) is 31.4 Å². The number of carbonyl (C=O) groups excluding carboxylic acids is 4. The number of carbonyl (C=O) groups is 4. The topological polar surface area (TPSA) is 182 Å². The van der Waals surface area contributed by atoms with Crippen LogP contribution in [-0.2, 0) is 29.1 Å². The Morgan fingerprint density at radius 2 is 1.90 bits per heavy atom. The van der Waals surface area contributed by atoms with Crippen molar-refractivity contribution in [1.29, 1.82) is 0 Å². The van der Waals surface area contributed by atoms with Crippen LogP contribution in [0.4, 0.5) is 18.0 Å². The number of allylic oxidation sites excluding steroid dienone is 1. The highest BCUT2D eigenvalue weighted by molar-refractivity contribution is 7.91. The molecule has 1 saturated heterocycles. The summed E-state index contributed by atoms with van der Waals surface area (Å²) in [5.74, 6) is -8.42. The highest BCUT2D eigenvalue weighted by atomic mass is 32.2. The second-order valence-corrected chi connectivity index (χ2v) is 18.9. The molecular formula is C41H54F3N5O9S. The number of hydrogen-bond donors (Lipinski definition) is 3. The van der Waals surface area contributed by atoms with Crippen LogP contribution in [0.5, 0.6) is 11.6 Å². The number of aromatic nitrogens is 1. The van der Waals surface area contributed by atoms with Crippen molar-refractivity contribution in [2.75, 3.05) is 13.7 Å². The summed E-state index contributed by atoms with van der Waals surface area (Å²) in [4.78, 5) is 62.6. The lowest BCUT2D eigenvalue weighted by molar-refractivity contribution is -0.152. The van der Waals surface area contributed by atoms with Gasteiger partial charge in [0.05, 0.1) is 18.4 Å². The zero-order valence-electron chi connectivity index (χ0n) is 36.9. The predicted molar refractivity (Wildman–Crippen MR) is 211 cm³/mol. The van der Waals surface area contributed by atoms with E-state index in [-0.39, 0.29) is 55.2 Å². The van der Waals surface area contributed by atoms with E-state index in [0.717, 1.165) is 24.8 Å². The zero-order chi connectivity index (χ0) is 45.8. The van der Waals surface area contributed by atoms with Crippen LogP contribution in [0.25, 0.3) is 10.8 Å². The fraction of sp³-hybridized carbons (Fsp3) is 0.634. The van der Waals surface area contributed by atoms with Gasteiger partial charge < -0.3 is 29.7 Å². The largest absolute Gasteiger partial charge is 0.494 e. The van der Waals surface area contributed by atoms with Crippen molar-refractivity contribution in [2.45, 2.75) is 133 Å². The van der Waals surface area contributed by atoms with Crippen molar-refractivity contribution < 1.29 is 59.1 Å². The van der Waals surface area contributed by atoms with Crippen LogP contribution < -0.4 is 24.8 Å². The van der Waals surface area contributed by atoms with E-state index in [1.54, 1.807) is 25.1 Å². The van der Waals surface area contributed by atoms with Gasteiger partial charge in [0.1, 0.15) is 23.7 Å². The van der Waals surface area contributed by atoms with Crippen molar-refractivity contribution in [3.05, 3.63) is 42.4 Å². The van der Waals surface area contributed by atoms with Gasteiger partial charge in [0.15, 0.2) is 17.2 Å². The van der Waals surface area contributed by atoms with Crippen molar-refractivity contribution in [1.82, 2.24) is 25.2 Å². The van der Waals surface area contributed by atoms with E-state index >= 15 is 0 Å². The van der Waals surface area contributed by atoms with Crippen LogP contribution in [0.1, 0.15) is 96.9 Å². The number of alkyl carbamates (subject to hydrolysis) is 1. The Morgan fingerprint density at radius 3 is 2.54 bits per heavy atom. The zero-order valence-corrected chi connectivity index (χ0v) is 34.7. The van der Waals surface area contributed by atoms with Crippen LogP contribution in [0.2, 0.25) is 0 Å². The van der Waals surface area contributed by atoms with Crippen LogP contribution in [0, 0.1) is 23.6 Å². The third-order valence-corrected chi connectivity index (χ3v) is 14.1. The van der Waals surface area contributed by atoms with Gasteiger partial charge in [-0.2, -0.15) is 0 Å². The molecule has 14 nitrogen and oxygen atoms in total. The first kappa shape index (κ1) is 39.8. The molecule has 3 N–H and O–H groups in total. The minimum Gasteiger partial charge on any atom is -0.494 e. The minimum atomic E-state index is -4.77. The van der Waals surface area contributed by atoms with E-state index < -0.39 is 98.3 Å². The van der Waals surface area contributed by atoms with Gasteiger partial charge in [-0.05, 0) is 94.6 Å². The molecule has 2 aliphatic carbocycles. The molecule has 0 spiro atoms. The number of nitrogens with one attached hydrogen (secondary N) is 3. The Bertz CT molecular complexity index is 2240. The minimum absolute atomic E-state index is 0.0312. The molecule has 0 unspecified atom stereocenters. The molecule has 2 aromatic rings. The molecular weight excluding hydrogens is 796 g/mol. The van der Waals surface area contributed by atoms with Crippen LogP contribution in [0.15, 0.2) is 36.5 Å². The maximum Gasteiger partial charge on any atom is 0.408 e. The van der Waals surface area contributed by atoms with Gasteiger partial charge in [0, 0.05) is 35.0 Å². The van der Waals surface area contributed by atoms with E-state index in [0.29, 0.717) is 38.0 Å². The molecule has 6 rings (SSSR count). The van der Waals surface area contributed by atoms with Crippen molar-refractivity contribution in [2.24, 2.45) is 17.8 Å². The van der Waals surface area contributed by atoms with E-state index in [4.69, 9.17) is 18.3 Å². The normalized spacial score (nSPS) is 30.1. The Balaban J connectivity index is 1.38. The number of ether oxygens (including phenoxy) is 3. The SMILES string of the molecule is [2H]C([2H])([2H])C1(S(=O)(=O)NC(=O)[C@@]23C[C@H]2/C=C\CC[C@@H](C)C[C@@H](CC)[C@H](NC(=O)OC(C)(C)C(C)(F)F)C(=O)N2C[C@H](Oc4nccc5cc(OC)c(F)cc45)C[C@H]2C(=O)N3)CC1. The molecule has 2 aliphatic heterocycles. The second-order valence-electron chi connectivity index (χ2n) is 16.9. The predicted octanol–water partition coefficient (Wildman–Crippen LogP) is 5.54. The van der Waals surface area contributed by atoms with Gasteiger partial charge in [-0.15, -0.1) is 0 Å². The van der Waals surface area contributed by atoms with Gasteiger partial charge in [0.2, 0.25) is 27.7 Å².